The molecule has 0 amide bonds. The Bertz CT molecular complexity index is 762. The molecule has 3 nitrogen and oxygen atoms in total. The van der Waals surface area contributed by atoms with E-state index in [4.69, 9.17) is 23.2 Å². The first kappa shape index (κ1) is 17.6. The van der Waals surface area contributed by atoms with E-state index in [9.17, 15) is 8.42 Å². The molecule has 0 heterocycles. The maximum atomic E-state index is 12.5. The fourth-order valence-electron chi connectivity index (χ4n) is 1.94. The van der Waals surface area contributed by atoms with E-state index in [-0.39, 0.29) is 16.0 Å². The van der Waals surface area contributed by atoms with Gasteiger partial charge in [-0.25, -0.2) is 13.1 Å². The summed E-state index contributed by atoms with van der Waals surface area (Å²) in [6, 6.07) is 11.7. The van der Waals surface area contributed by atoms with Crippen molar-refractivity contribution in [2.45, 2.75) is 22.8 Å². The molecule has 0 aliphatic rings. The second-order valence-corrected chi connectivity index (χ2v) is 8.10. The van der Waals surface area contributed by atoms with Gasteiger partial charge in [0.25, 0.3) is 0 Å². The van der Waals surface area contributed by atoms with E-state index in [1.165, 1.54) is 12.1 Å². The SMILES string of the molecule is CSc1ccc(C(C)NS(=O)(=O)c2cc(Cl)ccc2Cl)cc1. The van der Waals surface area contributed by atoms with Crippen LogP contribution in [0.5, 0.6) is 0 Å². The molecule has 22 heavy (non-hydrogen) atoms. The van der Waals surface area contributed by atoms with Crippen LogP contribution >= 0.6 is 35.0 Å². The molecule has 2 aromatic rings. The molecule has 7 heteroatoms. The van der Waals surface area contributed by atoms with Crippen molar-refractivity contribution in [3.05, 3.63) is 58.1 Å². The van der Waals surface area contributed by atoms with E-state index >= 15 is 0 Å². The fraction of sp³-hybridized carbons (Fsp3) is 0.200. The van der Waals surface area contributed by atoms with Gasteiger partial charge in [0, 0.05) is 16.0 Å². The van der Waals surface area contributed by atoms with Crippen molar-refractivity contribution in [3.63, 3.8) is 0 Å². The molecule has 1 atom stereocenters. The molecule has 0 spiro atoms. The van der Waals surface area contributed by atoms with Crippen molar-refractivity contribution in [1.82, 2.24) is 4.72 Å². The van der Waals surface area contributed by atoms with Crippen LogP contribution in [0.3, 0.4) is 0 Å². The summed E-state index contributed by atoms with van der Waals surface area (Å²) in [5.41, 5.74) is 0.875. The highest BCUT2D eigenvalue weighted by molar-refractivity contribution is 7.98. The van der Waals surface area contributed by atoms with Gasteiger partial charge < -0.3 is 0 Å². The molecule has 0 aliphatic heterocycles. The Morgan fingerprint density at radius 1 is 1.09 bits per heavy atom. The molecule has 0 radical (unpaired) electrons. The van der Waals surface area contributed by atoms with Gasteiger partial charge >= 0.3 is 0 Å². The number of rotatable bonds is 5. The molecule has 0 saturated heterocycles. The van der Waals surface area contributed by atoms with Crippen molar-refractivity contribution < 1.29 is 8.42 Å². The van der Waals surface area contributed by atoms with Gasteiger partial charge in [0.1, 0.15) is 4.90 Å². The number of sulfonamides is 1. The summed E-state index contributed by atoms with van der Waals surface area (Å²) in [5.74, 6) is 0. The largest absolute Gasteiger partial charge is 0.242 e. The average molecular weight is 376 g/mol. The number of benzene rings is 2. The molecule has 2 rings (SSSR count). The standard InChI is InChI=1S/C15H15Cl2NO2S2/c1-10(11-3-6-13(21-2)7-4-11)18-22(19,20)15-9-12(16)5-8-14(15)17/h3-10,18H,1-2H3. The molecule has 118 valence electrons. The van der Waals surface area contributed by atoms with Gasteiger partial charge in [0.2, 0.25) is 10.0 Å². The molecule has 1 unspecified atom stereocenters. The molecule has 2 aromatic carbocycles. The molecule has 0 bridgehead atoms. The maximum absolute atomic E-state index is 12.5. The molecule has 0 aromatic heterocycles. The molecule has 1 N–H and O–H groups in total. The minimum Gasteiger partial charge on any atom is -0.207 e. The third kappa shape index (κ3) is 4.18. The first-order valence-corrected chi connectivity index (χ1v) is 9.91. The zero-order valence-electron chi connectivity index (χ0n) is 12.0. The molecule has 0 aliphatic carbocycles. The van der Waals surface area contributed by atoms with Gasteiger partial charge in [-0.3, -0.25) is 0 Å². The van der Waals surface area contributed by atoms with Gasteiger partial charge in [-0.15, -0.1) is 11.8 Å². The van der Waals surface area contributed by atoms with E-state index in [1.54, 1.807) is 24.8 Å². The van der Waals surface area contributed by atoms with Crippen molar-refractivity contribution in [2.24, 2.45) is 0 Å². The normalized spacial score (nSPS) is 13.1. The van der Waals surface area contributed by atoms with Crippen LogP contribution in [0, 0.1) is 0 Å². The Morgan fingerprint density at radius 3 is 2.32 bits per heavy atom. The summed E-state index contributed by atoms with van der Waals surface area (Å²) in [7, 11) is -3.75. The Morgan fingerprint density at radius 2 is 1.73 bits per heavy atom. The second-order valence-electron chi connectivity index (χ2n) is 4.69. The predicted octanol–water partition coefficient (Wildman–Crippen LogP) is 4.75. The lowest BCUT2D eigenvalue weighted by atomic mass is 10.1. The van der Waals surface area contributed by atoms with Gasteiger partial charge in [0.05, 0.1) is 5.02 Å². The first-order valence-electron chi connectivity index (χ1n) is 6.45. The highest BCUT2D eigenvalue weighted by atomic mass is 35.5. The highest BCUT2D eigenvalue weighted by Crippen LogP contribution is 2.27. The smallest absolute Gasteiger partial charge is 0.207 e. The van der Waals surface area contributed by atoms with Crippen LogP contribution in [0.25, 0.3) is 0 Å². The Labute approximate surface area is 145 Å². The van der Waals surface area contributed by atoms with Crippen LogP contribution in [0.2, 0.25) is 10.0 Å². The van der Waals surface area contributed by atoms with Gasteiger partial charge in [-0.1, -0.05) is 35.3 Å². The molecular formula is C15H15Cl2NO2S2. The quantitative estimate of drug-likeness (QED) is 0.766. The van der Waals surface area contributed by atoms with Crippen LogP contribution in [-0.2, 0) is 10.0 Å². The zero-order chi connectivity index (χ0) is 16.3. The lowest BCUT2D eigenvalue weighted by molar-refractivity contribution is 0.567. The van der Waals surface area contributed by atoms with E-state index in [0.717, 1.165) is 10.5 Å². The number of thioether (sulfide) groups is 1. The summed E-state index contributed by atoms with van der Waals surface area (Å²) in [6.07, 6.45) is 1.99. The topological polar surface area (TPSA) is 46.2 Å². The number of hydrogen-bond donors (Lipinski definition) is 1. The number of halogens is 2. The predicted molar refractivity (Wildman–Crippen MR) is 93.4 cm³/mol. The van der Waals surface area contributed by atoms with Crippen LogP contribution < -0.4 is 4.72 Å². The van der Waals surface area contributed by atoms with Gasteiger partial charge in [0.15, 0.2) is 0 Å². The van der Waals surface area contributed by atoms with Crippen LogP contribution in [-0.4, -0.2) is 14.7 Å². The van der Waals surface area contributed by atoms with E-state index < -0.39 is 10.0 Å². The molecule has 0 fully saturated rings. The fourth-order valence-corrected chi connectivity index (χ4v) is 4.34. The Balaban J connectivity index is 2.25. The lowest BCUT2D eigenvalue weighted by Crippen LogP contribution is -2.27. The summed E-state index contributed by atoms with van der Waals surface area (Å²) in [6.45, 7) is 1.78. The molecule has 0 saturated carbocycles. The zero-order valence-corrected chi connectivity index (χ0v) is 15.2. The van der Waals surface area contributed by atoms with Crippen LogP contribution in [0.4, 0.5) is 0 Å². The second kappa shape index (κ2) is 7.23. The van der Waals surface area contributed by atoms with Crippen LogP contribution in [0.15, 0.2) is 52.3 Å². The van der Waals surface area contributed by atoms with E-state index in [1.807, 2.05) is 30.5 Å². The number of hydrogen-bond acceptors (Lipinski definition) is 3. The summed E-state index contributed by atoms with van der Waals surface area (Å²) >= 11 is 13.5. The van der Waals surface area contributed by atoms with Crippen molar-refractivity contribution >= 4 is 45.0 Å². The number of nitrogens with one attached hydrogen (secondary N) is 1. The monoisotopic (exact) mass is 375 g/mol. The summed E-state index contributed by atoms with van der Waals surface area (Å²) in [4.78, 5) is 1.10. The Hall–Kier alpha value is -0.720. The first-order chi connectivity index (χ1) is 10.3. The lowest BCUT2D eigenvalue weighted by Gasteiger charge is -2.16. The van der Waals surface area contributed by atoms with Gasteiger partial charge in [-0.2, -0.15) is 0 Å². The summed E-state index contributed by atoms with van der Waals surface area (Å²) in [5, 5.41) is 0.462. The minimum absolute atomic E-state index is 0.0192. The van der Waals surface area contributed by atoms with Crippen molar-refractivity contribution in [2.75, 3.05) is 6.26 Å². The van der Waals surface area contributed by atoms with E-state index in [0.29, 0.717) is 5.02 Å². The third-order valence-electron chi connectivity index (χ3n) is 3.13. The average Bonchev–Trinajstić information content (AvgIpc) is 2.49. The third-order valence-corrected chi connectivity index (χ3v) is 6.13. The molecular weight excluding hydrogens is 361 g/mol. The Kier molecular flexibility index (Phi) is 5.80. The van der Waals surface area contributed by atoms with Crippen LogP contribution in [0.1, 0.15) is 18.5 Å². The highest BCUT2D eigenvalue weighted by Gasteiger charge is 2.21. The van der Waals surface area contributed by atoms with Crippen molar-refractivity contribution in [1.29, 1.82) is 0 Å². The summed E-state index contributed by atoms with van der Waals surface area (Å²) < 4.78 is 27.5. The van der Waals surface area contributed by atoms with Crippen molar-refractivity contribution in [3.8, 4) is 0 Å². The van der Waals surface area contributed by atoms with Gasteiger partial charge in [-0.05, 0) is 49.1 Å². The van der Waals surface area contributed by atoms with E-state index in [2.05, 4.69) is 4.72 Å². The minimum atomic E-state index is -3.75. The maximum Gasteiger partial charge on any atom is 0.242 e.